The van der Waals surface area contributed by atoms with Crippen molar-refractivity contribution < 1.29 is 0 Å². The Morgan fingerprint density at radius 2 is 1.94 bits per heavy atom. The van der Waals surface area contributed by atoms with Crippen LogP contribution < -0.4 is 5.32 Å². The molecule has 1 fully saturated rings. The maximum absolute atomic E-state index is 3.64. The number of fused-ring (bicyclic) bond motifs is 1. The Bertz CT molecular complexity index is 418. The van der Waals surface area contributed by atoms with Gasteiger partial charge in [0, 0.05) is 18.2 Å². The first kappa shape index (κ1) is 12.1. The van der Waals surface area contributed by atoms with Gasteiger partial charge in [0.05, 0.1) is 0 Å². The maximum atomic E-state index is 3.64. The molecule has 0 aromatic heterocycles. The summed E-state index contributed by atoms with van der Waals surface area (Å²) in [5, 5.41) is 3.64. The number of hydrogen-bond acceptors (Lipinski definition) is 1. The van der Waals surface area contributed by atoms with Crippen LogP contribution in [0.2, 0.25) is 0 Å². The highest BCUT2D eigenvalue weighted by molar-refractivity contribution is 5.62. The molecule has 0 spiro atoms. The third kappa shape index (κ3) is 2.04. The number of nitrogens with one attached hydrogen (secondary N) is 1. The van der Waals surface area contributed by atoms with E-state index in [4.69, 9.17) is 0 Å². The van der Waals surface area contributed by atoms with Gasteiger partial charge < -0.3 is 5.32 Å². The topological polar surface area (TPSA) is 12.0 Å². The molecule has 98 valence electrons. The Balaban J connectivity index is 1.80. The van der Waals surface area contributed by atoms with Gasteiger partial charge in [-0.2, -0.15) is 0 Å². The zero-order valence-electron chi connectivity index (χ0n) is 11.7. The minimum absolute atomic E-state index is 0.739. The van der Waals surface area contributed by atoms with Crippen LogP contribution in [-0.2, 0) is 0 Å². The third-order valence-corrected chi connectivity index (χ3v) is 5.23. The Hall–Kier alpha value is -0.980. The second-order valence-corrected chi connectivity index (χ2v) is 6.28. The number of rotatable bonds is 2. The first-order valence-corrected chi connectivity index (χ1v) is 7.61. The summed E-state index contributed by atoms with van der Waals surface area (Å²) in [6, 6.07) is 6.79. The van der Waals surface area contributed by atoms with Crippen molar-refractivity contribution in [2.24, 2.45) is 11.8 Å². The average Bonchev–Trinajstić information content (AvgIpc) is 2.84. The highest BCUT2D eigenvalue weighted by Gasteiger charge is 2.32. The van der Waals surface area contributed by atoms with Gasteiger partial charge in [-0.05, 0) is 29.9 Å². The van der Waals surface area contributed by atoms with Crippen molar-refractivity contribution in [1.29, 1.82) is 0 Å². The zero-order valence-corrected chi connectivity index (χ0v) is 11.7. The van der Waals surface area contributed by atoms with Crippen molar-refractivity contribution in [1.82, 2.24) is 0 Å². The monoisotopic (exact) mass is 243 g/mol. The lowest BCUT2D eigenvalue weighted by molar-refractivity contribution is 0.238. The summed E-state index contributed by atoms with van der Waals surface area (Å²) < 4.78 is 0. The Morgan fingerprint density at radius 1 is 1.17 bits per heavy atom. The molecule has 2 atom stereocenters. The first-order chi connectivity index (χ1) is 8.77. The lowest BCUT2D eigenvalue weighted by atomic mass is 9.73. The van der Waals surface area contributed by atoms with E-state index in [0.717, 1.165) is 24.3 Å². The minimum atomic E-state index is 0.739. The second-order valence-electron chi connectivity index (χ2n) is 6.28. The highest BCUT2D eigenvalue weighted by Crippen LogP contribution is 2.43. The molecule has 0 amide bonds. The molecular weight excluding hydrogens is 218 g/mol. The van der Waals surface area contributed by atoms with Gasteiger partial charge >= 0.3 is 0 Å². The summed E-state index contributed by atoms with van der Waals surface area (Å²) in [6.45, 7) is 5.86. The molecule has 0 saturated heterocycles. The van der Waals surface area contributed by atoms with Gasteiger partial charge in [-0.15, -0.1) is 0 Å². The Kier molecular flexibility index (Phi) is 3.32. The predicted octanol–water partition coefficient (Wildman–Crippen LogP) is 4.72. The van der Waals surface area contributed by atoms with Crippen LogP contribution in [0.3, 0.4) is 0 Å². The molecule has 2 unspecified atom stereocenters. The summed E-state index contributed by atoms with van der Waals surface area (Å²) in [5.74, 6) is 2.53. The van der Waals surface area contributed by atoms with Crippen molar-refractivity contribution in [3.05, 3.63) is 29.3 Å². The molecule has 1 heteroatoms. The summed E-state index contributed by atoms with van der Waals surface area (Å²) >= 11 is 0. The number of hydrogen-bond donors (Lipinski definition) is 1. The second kappa shape index (κ2) is 4.95. The van der Waals surface area contributed by atoms with Crippen LogP contribution in [0.5, 0.6) is 0 Å². The maximum Gasteiger partial charge on any atom is 0.0406 e. The summed E-state index contributed by atoms with van der Waals surface area (Å²) in [4.78, 5) is 0. The van der Waals surface area contributed by atoms with Crippen molar-refractivity contribution in [2.45, 2.75) is 51.9 Å². The van der Waals surface area contributed by atoms with E-state index in [1.54, 1.807) is 5.56 Å². The van der Waals surface area contributed by atoms with Crippen LogP contribution in [0, 0.1) is 18.8 Å². The van der Waals surface area contributed by atoms with Crippen LogP contribution >= 0.6 is 0 Å². The van der Waals surface area contributed by atoms with E-state index in [1.165, 1.54) is 43.4 Å². The van der Waals surface area contributed by atoms with Gasteiger partial charge in [0.25, 0.3) is 0 Å². The quantitative estimate of drug-likeness (QED) is 0.792. The molecule has 3 rings (SSSR count). The van der Waals surface area contributed by atoms with E-state index in [9.17, 15) is 0 Å². The van der Waals surface area contributed by atoms with Crippen molar-refractivity contribution >= 4 is 5.69 Å². The van der Waals surface area contributed by atoms with Crippen molar-refractivity contribution in [3.63, 3.8) is 0 Å². The molecular formula is C17H25N. The summed E-state index contributed by atoms with van der Waals surface area (Å²) in [5.41, 5.74) is 4.41. The predicted molar refractivity (Wildman–Crippen MR) is 78.1 cm³/mol. The fourth-order valence-electron chi connectivity index (χ4n) is 4.02. The van der Waals surface area contributed by atoms with Gasteiger partial charge in [-0.3, -0.25) is 0 Å². The van der Waals surface area contributed by atoms with Crippen LogP contribution in [0.25, 0.3) is 0 Å². The van der Waals surface area contributed by atoms with Crippen molar-refractivity contribution in [3.8, 4) is 0 Å². The molecule has 1 aliphatic heterocycles. The van der Waals surface area contributed by atoms with E-state index >= 15 is 0 Å². The molecule has 1 N–H and O–H groups in total. The molecule has 1 aliphatic carbocycles. The average molecular weight is 243 g/mol. The van der Waals surface area contributed by atoms with Gasteiger partial charge in [0.1, 0.15) is 0 Å². The van der Waals surface area contributed by atoms with E-state index in [1.807, 2.05) is 0 Å². The SMILES string of the molecule is Cc1cccc2c1NCC2C(C)C1CCCCC1. The number of aryl methyl sites for hydroxylation is 1. The first-order valence-electron chi connectivity index (χ1n) is 7.61. The largest absolute Gasteiger partial charge is 0.384 e. The fraction of sp³-hybridized carbons (Fsp3) is 0.647. The van der Waals surface area contributed by atoms with Gasteiger partial charge in [0.15, 0.2) is 0 Å². The molecule has 1 saturated carbocycles. The number of anilines is 1. The van der Waals surface area contributed by atoms with E-state index in [-0.39, 0.29) is 0 Å². The standard InChI is InChI=1S/C17H25N/c1-12-7-6-10-15-16(11-18-17(12)15)13(2)14-8-4-3-5-9-14/h6-7,10,13-14,16,18H,3-5,8-9,11H2,1-2H3. The van der Waals surface area contributed by atoms with Crippen LogP contribution in [0.15, 0.2) is 18.2 Å². The Morgan fingerprint density at radius 3 is 2.72 bits per heavy atom. The smallest absolute Gasteiger partial charge is 0.0406 e. The minimum Gasteiger partial charge on any atom is -0.384 e. The zero-order chi connectivity index (χ0) is 12.5. The summed E-state index contributed by atoms with van der Waals surface area (Å²) in [7, 11) is 0. The van der Waals surface area contributed by atoms with E-state index in [0.29, 0.717) is 0 Å². The normalized spacial score (nSPS) is 25.6. The van der Waals surface area contributed by atoms with E-state index < -0.39 is 0 Å². The van der Waals surface area contributed by atoms with Crippen LogP contribution in [0.1, 0.15) is 56.1 Å². The lowest BCUT2D eigenvalue weighted by Gasteiger charge is -2.31. The molecule has 1 aromatic carbocycles. The third-order valence-electron chi connectivity index (χ3n) is 5.23. The number of benzene rings is 1. The molecule has 1 aromatic rings. The molecule has 1 heterocycles. The highest BCUT2D eigenvalue weighted by atomic mass is 14.9. The van der Waals surface area contributed by atoms with Gasteiger partial charge in [-0.1, -0.05) is 57.2 Å². The molecule has 18 heavy (non-hydrogen) atoms. The number of para-hydroxylation sites is 1. The fourth-order valence-corrected chi connectivity index (χ4v) is 4.02. The molecule has 0 radical (unpaired) electrons. The van der Waals surface area contributed by atoms with Gasteiger partial charge in [0.2, 0.25) is 0 Å². The lowest BCUT2D eigenvalue weighted by Crippen LogP contribution is -2.23. The Labute approximate surface area is 111 Å². The van der Waals surface area contributed by atoms with Crippen molar-refractivity contribution in [2.75, 3.05) is 11.9 Å². The molecule has 0 bridgehead atoms. The van der Waals surface area contributed by atoms with Gasteiger partial charge in [-0.25, -0.2) is 0 Å². The summed E-state index contributed by atoms with van der Waals surface area (Å²) in [6.07, 6.45) is 7.28. The van der Waals surface area contributed by atoms with E-state index in [2.05, 4.69) is 37.4 Å². The van der Waals surface area contributed by atoms with Crippen LogP contribution in [0.4, 0.5) is 5.69 Å². The molecule has 1 nitrogen and oxygen atoms in total. The van der Waals surface area contributed by atoms with Crippen LogP contribution in [-0.4, -0.2) is 6.54 Å². The molecule has 2 aliphatic rings.